The molecule has 0 spiro atoms. The summed E-state index contributed by atoms with van der Waals surface area (Å²) in [7, 11) is 0. The maximum Gasteiger partial charge on any atom is 0.416 e. The molecule has 1 aliphatic heterocycles. The van der Waals surface area contributed by atoms with Gasteiger partial charge in [-0.1, -0.05) is 18.2 Å². The van der Waals surface area contributed by atoms with Crippen LogP contribution in [0.15, 0.2) is 24.3 Å². The Bertz CT molecular complexity index is 403. The van der Waals surface area contributed by atoms with Crippen LogP contribution < -0.4 is 5.32 Å². The minimum absolute atomic E-state index is 0. The van der Waals surface area contributed by atoms with Crippen LogP contribution in [0, 0.1) is 0 Å². The van der Waals surface area contributed by atoms with E-state index < -0.39 is 17.3 Å². The van der Waals surface area contributed by atoms with E-state index in [4.69, 9.17) is 0 Å². The van der Waals surface area contributed by atoms with Crippen molar-refractivity contribution in [1.29, 1.82) is 0 Å². The molecule has 6 heteroatoms. The molecule has 2 rings (SSSR count). The molecule has 1 aromatic rings. The van der Waals surface area contributed by atoms with Crippen LogP contribution >= 0.6 is 12.4 Å². The highest BCUT2D eigenvalue weighted by atomic mass is 35.5. The largest absolute Gasteiger partial charge is 0.416 e. The quantitative estimate of drug-likeness (QED) is 0.829. The molecule has 1 heterocycles. The molecule has 1 aromatic carbocycles. The van der Waals surface area contributed by atoms with Gasteiger partial charge in [0.2, 0.25) is 0 Å². The molecule has 0 atom stereocenters. The van der Waals surface area contributed by atoms with Crippen molar-refractivity contribution in [2.75, 3.05) is 13.1 Å². The van der Waals surface area contributed by atoms with Crippen LogP contribution in [0.5, 0.6) is 0 Å². The summed E-state index contributed by atoms with van der Waals surface area (Å²) >= 11 is 0. The predicted octanol–water partition coefficient (Wildman–Crippen LogP) is 2.70. The average molecular weight is 282 g/mol. The molecule has 2 N–H and O–H groups in total. The smallest absolute Gasteiger partial charge is 0.385 e. The molecule has 0 saturated carbocycles. The van der Waals surface area contributed by atoms with Crippen molar-refractivity contribution in [3.8, 4) is 0 Å². The van der Waals surface area contributed by atoms with Crippen molar-refractivity contribution in [3.63, 3.8) is 0 Å². The van der Waals surface area contributed by atoms with Gasteiger partial charge in [0.1, 0.15) is 0 Å². The molecule has 102 valence electrons. The maximum absolute atomic E-state index is 12.8. The number of halogens is 4. The van der Waals surface area contributed by atoms with Gasteiger partial charge in [-0.15, -0.1) is 12.4 Å². The third kappa shape index (κ3) is 2.96. The van der Waals surface area contributed by atoms with E-state index in [9.17, 15) is 18.3 Å². The average Bonchev–Trinajstić information content (AvgIpc) is 2.29. The summed E-state index contributed by atoms with van der Waals surface area (Å²) in [5.41, 5.74) is -2.10. The zero-order valence-electron chi connectivity index (χ0n) is 9.63. The molecular weight excluding hydrogens is 267 g/mol. The van der Waals surface area contributed by atoms with E-state index >= 15 is 0 Å². The minimum atomic E-state index is -4.42. The van der Waals surface area contributed by atoms with Gasteiger partial charge in [0.15, 0.2) is 0 Å². The summed E-state index contributed by atoms with van der Waals surface area (Å²) in [4.78, 5) is 0. The third-order valence-electron chi connectivity index (χ3n) is 3.16. The molecule has 1 saturated heterocycles. The van der Waals surface area contributed by atoms with Gasteiger partial charge in [-0.05, 0) is 37.6 Å². The molecule has 18 heavy (non-hydrogen) atoms. The Kier molecular flexibility index (Phi) is 4.64. The van der Waals surface area contributed by atoms with Crippen molar-refractivity contribution in [3.05, 3.63) is 35.4 Å². The van der Waals surface area contributed by atoms with Crippen molar-refractivity contribution < 1.29 is 18.3 Å². The van der Waals surface area contributed by atoms with E-state index in [2.05, 4.69) is 5.32 Å². The highest BCUT2D eigenvalue weighted by Crippen LogP contribution is 2.39. The van der Waals surface area contributed by atoms with Crippen LogP contribution in [-0.2, 0) is 11.8 Å². The van der Waals surface area contributed by atoms with Crippen LogP contribution in [0.2, 0.25) is 0 Å². The second-order valence-corrected chi connectivity index (χ2v) is 4.32. The fourth-order valence-electron chi connectivity index (χ4n) is 2.25. The Labute approximate surface area is 110 Å². The first-order valence-corrected chi connectivity index (χ1v) is 5.53. The summed E-state index contributed by atoms with van der Waals surface area (Å²) in [6, 6.07) is 5.27. The molecular formula is C12H15ClF3NO. The second-order valence-electron chi connectivity index (χ2n) is 4.32. The zero-order chi connectivity index (χ0) is 12.5. The number of hydrogen-bond donors (Lipinski definition) is 2. The van der Waals surface area contributed by atoms with E-state index in [0.717, 1.165) is 6.07 Å². The van der Waals surface area contributed by atoms with E-state index in [1.165, 1.54) is 18.2 Å². The zero-order valence-corrected chi connectivity index (χ0v) is 10.4. The Balaban J connectivity index is 0.00000162. The Hall–Kier alpha value is -0.780. The lowest BCUT2D eigenvalue weighted by Crippen LogP contribution is -2.40. The molecule has 1 aliphatic rings. The van der Waals surface area contributed by atoms with E-state index in [1.54, 1.807) is 0 Å². The lowest BCUT2D eigenvalue weighted by Gasteiger charge is -2.34. The summed E-state index contributed by atoms with van der Waals surface area (Å²) in [6.07, 6.45) is -3.81. The number of hydrogen-bond acceptors (Lipinski definition) is 2. The highest BCUT2D eigenvalue weighted by molar-refractivity contribution is 5.85. The first-order valence-electron chi connectivity index (χ1n) is 5.53. The first-order chi connectivity index (χ1) is 7.93. The van der Waals surface area contributed by atoms with Gasteiger partial charge >= 0.3 is 6.18 Å². The fraction of sp³-hybridized carbons (Fsp3) is 0.500. The fourth-order valence-corrected chi connectivity index (χ4v) is 2.25. The van der Waals surface area contributed by atoms with Gasteiger partial charge in [0, 0.05) is 0 Å². The minimum Gasteiger partial charge on any atom is -0.385 e. The van der Waals surface area contributed by atoms with Gasteiger partial charge in [-0.2, -0.15) is 13.2 Å². The number of nitrogens with one attached hydrogen (secondary N) is 1. The van der Waals surface area contributed by atoms with Crippen LogP contribution in [0.4, 0.5) is 13.2 Å². The van der Waals surface area contributed by atoms with Gasteiger partial charge in [0.25, 0.3) is 0 Å². The number of piperidine rings is 1. The lowest BCUT2D eigenvalue weighted by atomic mass is 9.82. The van der Waals surface area contributed by atoms with Gasteiger partial charge in [0.05, 0.1) is 11.2 Å². The van der Waals surface area contributed by atoms with Crippen molar-refractivity contribution in [2.24, 2.45) is 0 Å². The van der Waals surface area contributed by atoms with Crippen molar-refractivity contribution in [2.45, 2.75) is 24.6 Å². The summed E-state index contributed by atoms with van der Waals surface area (Å²) < 4.78 is 38.5. The van der Waals surface area contributed by atoms with Crippen LogP contribution in [0.3, 0.4) is 0 Å². The monoisotopic (exact) mass is 281 g/mol. The number of aliphatic hydroxyl groups is 1. The molecule has 2 nitrogen and oxygen atoms in total. The first kappa shape index (κ1) is 15.3. The molecule has 0 radical (unpaired) electrons. The molecule has 0 aliphatic carbocycles. The molecule has 0 unspecified atom stereocenters. The summed E-state index contributed by atoms with van der Waals surface area (Å²) in [5.74, 6) is 0. The maximum atomic E-state index is 12.8. The van der Waals surface area contributed by atoms with Crippen molar-refractivity contribution in [1.82, 2.24) is 5.32 Å². The highest BCUT2D eigenvalue weighted by Gasteiger charge is 2.40. The number of alkyl halides is 3. The van der Waals surface area contributed by atoms with Gasteiger partial charge in [-0.3, -0.25) is 0 Å². The number of benzene rings is 1. The Morgan fingerprint density at radius 3 is 2.22 bits per heavy atom. The van der Waals surface area contributed by atoms with Crippen LogP contribution in [-0.4, -0.2) is 18.2 Å². The second kappa shape index (κ2) is 5.47. The molecule has 1 fully saturated rings. The van der Waals surface area contributed by atoms with E-state index in [-0.39, 0.29) is 18.0 Å². The molecule has 0 aromatic heterocycles. The van der Waals surface area contributed by atoms with Gasteiger partial charge in [-0.25, -0.2) is 0 Å². The van der Waals surface area contributed by atoms with Gasteiger partial charge < -0.3 is 10.4 Å². The third-order valence-corrected chi connectivity index (χ3v) is 3.16. The lowest BCUT2D eigenvalue weighted by molar-refractivity contribution is -0.141. The van der Waals surface area contributed by atoms with E-state index in [1.807, 2.05) is 0 Å². The van der Waals surface area contributed by atoms with E-state index in [0.29, 0.717) is 25.9 Å². The van der Waals surface area contributed by atoms with Crippen LogP contribution in [0.25, 0.3) is 0 Å². The standard InChI is InChI=1S/C12H14F3NO.ClH/c13-12(14,15)10-4-2-1-3-9(10)11(17)5-7-16-8-6-11;/h1-4,16-17H,5-8H2;1H. The topological polar surface area (TPSA) is 32.3 Å². The predicted molar refractivity (Wildman–Crippen MR) is 64.7 cm³/mol. The summed E-state index contributed by atoms with van der Waals surface area (Å²) in [6.45, 7) is 1.06. The van der Waals surface area contributed by atoms with Crippen molar-refractivity contribution >= 4 is 12.4 Å². The molecule has 0 bridgehead atoms. The van der Waals surface area contributed by atoms with Crippen LogP contribution in [0.1, 0.15) is 24.0 Å². The SMILES string of the molecule is Cl.OC1(c2ccccc2C(F)(F)F)CCNCC1. The Morgan fingerprint density at radius 2 is 1.67 bits per heavy atom. The number of rotatable bonds is 1. The summed E-state index contributed by atoms with van der Waals surface area (Å²) in [5, 5.41) is 13.4. The Morgan fingerprint density at radius 1 is 1.11 bits per heavy atom. The molecule has 0 amide bonds. The normalized spacial score (nSPS) is 19.1.